The van der Waals surface area contributed by atoms with Gasteiger partial charge in [-0.25, -0.2) is 4.68 Å². The summed E-state index contributed by atoms with van der Waals surface area (Å²) in [5, 5.41) is 4.39. The molecule has 1 aromatic heterocycles. The molecule has 0 spiro atoms. The minimum absolute atomic E-state index is 0.692. The minimum Gasteiger partial charge on any atom is -0.298 e. The van der Waals surface area contributed by atoms with Crippen LogP contribution in [0.25, 0.3) is 16.9 Å². The smallest absolute Gasteiger partial charge is 0.150 e. The summed E-state index contributed by atoms with van der Waals surface area (Å²) in [7, 11) is 0. The molecule has 3 nitrogen and oxygen atoms in total. The Kier molecular flexibility index (Phi) is 3.17. The number of aryl methyl sites for hydroxylation is 1. The number of carbonyl (C=O) groups is 1. The number of nitrogens with zero attached hydrogens (tertiary/aromatic N) is 2. The summed E-state index contributed by atoms with van der Waals surface area (Å²) in [6.07, 6.45) is 2.65. The lowest BCUT2D eigenvalue weighted by atomic mass is 10.0. The maximum Gasteiger partial charge on any atom is 0.150 e. The molecule has 0 fully saturated rings. The van der Waals surface area contributed by atoms with Crippen LogP contribution in [0.2, 0.25) is 0 Å². The molecule has 0 atom stereocenters. The van der Waals surface area contributed by atoms with E-state index in [1.165, 1.54) is 0 Å². The van der Waals surface area contributed by atoms with E-state index < -0.39 is 0 Å². The van der Waals surface area contributed by atoms with Crippen LogP contribution < -0.4 is 0 Å². The van der Waals surface area contributed by atoms with Gasteiger partial charge in [-0.05, 0) is 36.8 Å². The zero-order valence-corrected chi connectivity index (χ0v) is 11.2. The lowest BCUT2D eigenvalue weighted by Gasteiger charge is -2.10. The molecule has 0 radical (unpaired) electrons. The lowest BCUT2D eigenvalue weighted by molar-refractivity contribution is 0.112. The fourth-order valence-corrected chi connectivity index (χ4v) is 2.33. The first-order valence-electron chi connectivity index (χ1n) is 6.45. The van der Waals surface area contributed by atoms with Gasteiger partial charge in [-0.3, -0.25) is 4.79 Å². The SMILES string of the molecule is Cc1cc(C=O)ccc1-c1ccnn1-c1ccccc1. The molecule has 0 unspecified atom stereocenters. The Labute approximate surface area is 117 Å². The third-order valence-electron chi connectivity index (χ3n) is 3.31. The van der Waals surface area contributed by atoms with Gasteiger partial charge in [-0.2, -0.15) is 5.10 Å². The number of aromatic nitrogens is 2. The second-order valence-electron chi connectivity index (χ2n) is 4.66. The highest BCUT2D eigenvalue weighted by Crippen LogP contribution is 2.26. The highest BCUT2D eigenvalue weighted by Gasteiger charge is 2.09. The molecule has 2 aromatic carbocycles. The van der Waals surface area contributed by atoms with Crippen LogP contribution in [0.1, 0.15) is 15.9 Å². The van der Waals surface area contributed by atoms with Gasteiger partial charge < -0.3 is 0 Å². The summed E-state index contributed by atoms with van der Waals surface area (Å²) in [5.74, 6) is 0. The maximum atomic E-state index is 10.8. The molecule has 0 aliphatic heterocycles. The van der Waals surface area contributed by atoms with Crippen molar-refractivity contribution < 1.29 is 4.79 Å². The summed E-state index contributed by atoms with van der Waals surface area (Å²) in [4.78, 5) is 10.8. The average Bonchev–Trinajstić information content (AvgIpc) is 2.97. The van der Waals surface area contributed by atoms with Gasteiger partial charge >= 0.3 is 0 Å². The van der Waals surface area contributed by atoms with Crippen LogP contribution in [0.4, 0.5) is 0 Å². The maximum absolute atomic E-state index is 10.8. The van der Waals surface area contributed by atoms with Crippen molar-refractivity contribution in [3.63, 3.8) is 0 Å². The zero-order valence-electron chi connectivity index (χ0n) is 11.2. The van der Waals surface area contributed by atoms with E-state index in [4.69, 9.17) is 0 Å². The van der Waals surface area contributed by atoms with E-state index in [1.807, 2.05) is 66.2 Å². The van der Waals surface area contributed by atoms with Gasteiger partial charge in [0.2, 0.25) is 0 Å². The highest BCUT2D eigenvalue weighted by molar-refractivity contribution is 5.78. The number of hydrogen-bond donors (Lipinski definition) is 0. The van der Waals surface area contributed by atoms with Gasteiger partial charge in [0.05, 0.1) is 17.6 Å². The van der Waals surface area contributed by atoms with Gasteiger partial charge in [-0.1, -0.05) is 30.3 Å². The van der Waals surface area contributed by atoms with Crippen LogP contribution in [-0.4, -0.2) is 16.1 Å². The summed E-state index contributed by atoms with van der Waals surface area (Å²) >= 11 is 0. The highest BCUT2D eigenvalue weighted by atomic mass is 16.1. The summed E-state index contributed by atoms with van der Waals surface area (Å²) in [6.45, 7) is 2.00. The van der Waals surface area contributed by atoms with Crippen molar-refractivity contribution >= 4 is 6.29 Å². The topological polar surface area (TPSA) is 34.9 Å². The number of carbonyl (C=O) groups excluding carboxylic acids is 1. The van der Waals surface area contributed by atoms with E-state index in [0.29, 0.717) is 5.56 Å². The number of rotatable bonds is 3. The number of hydrogen-bond acceptors (Lipinski definition) is 2. The molecule has 0 aliphatic carbocycles. The Hall–Kier alpha value is -2.68. The minimum atomic E-state index is 0.692. The third-order valence-corrected chi connectivity index (χ3v) is 3.31. The predicted octanol–water partition coefficient (Wildman–Crippen LogP) is 3.66. The number of para-hydroxylation sites is 1. The largest absolute Gasteiger partial charge is 0.298 e. The van der Waals surface area contributed by atoms with Crippen molar-refractivity contribution in [2.24, 2.45) is 0 Å². The average molecular weight is 262 g/mol. The molecule has 3 heteroatoms. The quantitative estimate of drug-likeness (QED) is 0.675. The van der Waals surface area contributed by atoms with Crippen LogP contribution >= 0.6 is 0 Å². The van der Waals surface area contributed by atoms with Crippen LogP contribution in [0, 0.1) is 6.92 Å². The molecular formula is C17H14N2O. The summed E-state index contributed by atoms with van der Waals surface area (Å²) in [5.41, 5.74) is 4.87. The van der Waals surface area contributed by atoms with Crippen molar-refractivity contribution in [2.75, 3.05) is 0 Å². The molecule has 3 aromatic rings. The van der Waals surface area contributed by atoms with Crippen molar-refractivity contribution in [1.82, 2.24) is 9.78 Å². The molecule has 0 bridgehead atoms. The molecule has 98 valence electrons. The Balaban J connectivity index is 2.13. The first-order valence-corrected chi connectivity index (χ1v) is 6.45. The Morgan fingerprint density at radius 1 is 1.05 bits per heavy atom. The molecule has 20 heavy (non-hydrogen) atoms. The summed E-state index contributed by atoms with van der Waals surface area (Å²) in [6, 6.07) is 17.7. The second kappa shape index (κ2) is 5.13. The zero-order chi connectivity index (χ0) is 13.9. The monoisotopic (exact) mass is 262 g/mol. The molecular weight excluding hydrogens is 248 g/mol. The molecule has 0 aliphatic rings. The standard InChI is InChI=1S/C17H14N2O/c1-13-11-14(12-20)7-8-16(13)17-9-10-18-19(17)15-5-3-2-4-6-15/h2-12H,1H3. The lowest BCUT2D eigenvalue weighted by Crippen LogP contribution is -1.99. The van der Waals surface area contributed by atoms with Crippen molar-refractivity contribution in [3.8, 4) is 16.9 Å². The van der Waals surface area contributed by atoms with Crippen molar-refractivity contribution in [1.29, 1.82) is 0 Å². The van der Waals surface area contributed by atoms with Crippen LogP contribution in [-0.2, 0) is 0 Å². The Bertz CT molecular complexity index is 745. The molecule has 0 saturated carbocycles. The Morgan fingerprint density at radius 3 is 2.55 bits per heavy atom. The van der Waals surface area contributed by atoms with Gasteiger partial charge in [0.1, 0.15) is 6.29 Å². The van der Waals surface area contributed by atoms with E-state index in [9.17, 15) is 4.79 Å². The van der Waals surface area contributed by atoms with Crippen LogP contribution in [0.15, 0.2) is 60.8 Å². The van der Waals surface area contributed by atoms with Gasteiger partial charge in [-0.15, -0.1) is 0 Å². The number of benzene rings is 2. The van der Waals surface area contributed by atoms with E-state index in [1.54, 1.807) is 6.20 Å². The summed E-state index contributed by atoms with van der Waals surface area (Å²) < 4.78 is 1.91. The molecule has 0 amide bonds. The van der Waals surface area contributed by atoms with E-state index in [2.05, 4.69) is 5.10 Å². The molecule has 0 N–H and O–H groups in total. The number of aldehydes is 1. The van der Waals surface area contributed by atoms with E-state index in [-0.39, 0.29) is 0 Å². The fraction of sp³-hybridized carbons (Fsp3) is 0.0588. The van der Waals surface area contributed by atoms with E-state index >= 15 is 0 Å². The van der Waals surface area contributed by atoms with Gasteiger partial charge in [0.25, 0.3) is 0 Å². The van der Waals surface area contributed by atoms with Gasteiger partial charge in [0.15, 0.2) is 0 Å². The van der Waals surface area contributed by atoms with Crippen LogP contribution in [0.5, 0.6) is 0 Å². The normalized spacial score (nSPS) is 10.4. The molecule has 0 saturated heterocycles. The fourth-order valence-electron chi connectivity index (χ4n) is 2.33. The first kappa shape index (κ1) is 12.4. The third kappa shape index (κ3) is 2.14. The second-order valence-corrected chi connectivity index (χ2v) is 4.66. The Morgan fingerprint density at radius 2 is 1.85 bits per heavy atom. The van der Waals surface area contributed by atoms with Crippen molar-refractivity contribution in [3.05, 3.63) is 71.9 Å². The van der Waals surface area contributed by atoms with Crippen molar-refractivity contribution in [2.45, 2.75) is 6.92 Å². The first-order chi connectivity index (χ1) is 9.79. The van der Waals surface area contributed by atoms with Crippen LogP contribution in [0.3, 0.4) is 0 Å². The predicted molar refractivity (Wildman–Crippen MR) is 79.1 cm³/mol. The van der Waals surface area contributed by atoms with Gasteiger partial charge in [0, 0.05) is 11.1 Å². The molecule has 1 heterocycles. The van der Waals surface area contributed by atoms with E-state index in [0.717, 1.165) is 28.8 Å². The molecule has 3 rings (SSSR count).